The summed E-state index contributed by atoms with van der Waals surface area (Å²) in [4.78, 5) is 14.8. The Kier molecular flexibility index (Phi) is 3.24. The number of methoxy groups -OCH3 is 1. The second kappa shape index (κ2) is 4.69. The fourth-order valence-electron chi connectivity index (χ4n) is 2.00. The van der Waals surface area contributed by atoms with Crippen LogP contribution in [-0.4, -0.2) is 12.1 Å². The predicted octanol–water partition coefficient (Wildman–Crippen LogP) is 2.98. The van der Waals surface area contributed by atoms with Gasteiger partial charge in [-0.25, -0.2) is 0 Å². The Balaban J connectivity index is 2.69. The van der Waals surface area contributed by atoms with Crippen LogP contribution in [0.5, 0.6) is 5.75 Å². The first-order chi connectivity index (χ1) is 8.51. The largest absolute Gasteiger partial charge is 0.496 e. The standard InChI is InChI=1S/C15H17NO2/c1-9-5-13(15(18-4)6-10(9)2)14-8-12(17)7-11(3)16-14/h5-8H,1-4H3,(H,16,17). The first kappa shape index (κ1) is 12.4. The molecule has 0 atom stereocenters. The molecule has 0 aliphatic rings. The van der Waals surface area contributed by atoms with Crippen LogP contribution in [0.3, 0.4) is 0 Å². The number of aryl methyl sites for hydroxylation is 3. The molecule has 0 aliphatic heterocycles. The van der Waals surface area contributed by atoms with Crippen LogP contribution in [0, 0.1) is 20.8 Å². The lowest BCUT2D eigenvalue weighted by Crippen LogP contribution is -2.03. The monoisotopic (exact) mass is 243 g/mol. The average Bonchev–Trinajstić information content (AvgIpc) is 2.30. The first-order valence-electron chi connectivity index (χ1n) is 5.88. The van der Waals surface area contributed by atoms with Crippen LogP contribution in [0.15, 0.2) is 29.1 Å². The molecule has 2 aromatic rings. The third-order valence-electron chi connectivity index (χ3n) is 3.08. The van der Waals surface area contributed by atoms with Crippen molar-refractivity contribution in [2.45, 2.75) is 20.8 Å². The van der Waals surface area contributed by atoms with Gasteiger partial charge in [-0.3, -0.25) is 4.79 Å². The molecule has 0 aliphatic carbocycles. The molecule has 3 heteroatoms. The van der Waals surface area contributed by atoms with Crippen LogP contribution < -0.4 is 10.2 Å². The fourth-order valence-corrected chi connectivity index (χ4v) is 2.00. The molecule has 0 amide bonds. The molecule has 1 aromatic carbocycles. The van der Waals surface area contributed by atoms with Gasteiger partial charge in [0.25, 0.3) is 0 Å². The van der Waals surface area contributed by atoms with Crippen molar-refractivity contribution in [1.82, 2.24) is 4.98 Å². The van der Waals surface area contributed by atoms with Gasteiger partial charge in [0.1, 0.15) is 5.75 Å². The van der Waals surface area contributed by atoms with E-state index in [0.29, 0.717) is 0 Å². The predicted molar refractivity (Wildman–Crippen MR) is 73.3 cm³/mol. The highest BCUT2D eigenvalue weighted by molar-refractivity contribution is 5.69. The highest BCUT2D eigenvalue weighted by Crippen LogP contribution is 2.30. The van der Waals surface area contributed by atoms with Crippen molar-refractivity contribution in [3.05, 3.63) is 51.3 Å². The van der Waals surface area contributed by atoms with Crippen LogP contribution in [0.4, 0.5) is 0 Å². The summed E-state index contributed by atoms with van der Waals surface area (Å²) in [6, 6.07) is 7.21. The van der Waals surface area contributed by atoms with Gasteiger partial charge in [0.2, 0.25) is 0 Å². The Labute approximate surface area is 106 Å². The van der Waals surface area contributed by atoms with Crippen LogP contribution >= 0.6 is 0 Å². The van der Waals surface area contributed by atoms with E-state index in [2.05, 4.69) is 4.98 Å². The van der Waals surface area contributed by atoms with Gasteiger partial charge in [0.05, 0.1) is 12.8 Å². The first-order valence-corrected chi connectivity index (χ1v) is 5.88. The zero-order valence-corrected chi connectivity index (χ0v) is 11.1. The van der Waals surface area contributed by atoms with Crippen molar-refractivity contribution in [1.29, 1.82) is 0 Å². The van der Waals surface area contributed by atoms with E-state index in [9.17, 15) is 4.79 Å². The van der Waals surface area contributed by atoms with Gasteiger partial charge in [0, 0.05) is 23.4 Å². The van der Waals surface area contributed by atoms with Crippen LogP contribution in [0.25, 0.3) is 11.3 Å². The number of benzene rings is 1. The van der Waals surface area contributed by atoms with Gasteiger partial charge in [-0.2, -0.15) is 0 Å². The van der Waals surface area contributed by atoms with Gasteiger partial charge in [-0.05, 0) is 44.0 Å². The molecule has 2 rings (SSSR count). The summed E-state index contributed by atoms with van der Waals surface area (Å²) in [7, 11) is 1.64. The van der Waals surface area contributed by atoms with Gasteiger partial charge in [-0.15, -0.1) is 0 Å². The summed E-state index contributed by atoms with van der Waals surface area (Å²) in [5, 5.41) is 0. The smallest absolute Gasteiger partial charge is 0.182 e. The number of H-pyrrole nitrogens is 1. The van der Waals surface area contributed by atoms with E-state index in [0.717, 1.165) is 22.7 Å². The van der Waals surface area contributed by atoms with E-state index >= 15 is 0 Å². The zero-order chi connectivity index (χ0) is 13.3. The minimum atomic E-state index is 0.00142. The van der Waals surface area contributed by atoms with Gasteiger partial charge in [-0.1, -0.05) is 0 Å². The van der Waals surface area contributed by atoms with Crippen LogP contribution in [-0.2, 0) is 0 Å². The average molecular weight is 243 g/mol. The summed E-state index contributed by atoms with van der Waals surface area (Å²) in [6.45, 7) is 5.96. The summed E-state index contributed by atoms with van der Waals surface area (Å²) in [5.74, 6) is 0.777. The van der Waals surface area contributed by atoms with Crippen molar-refractivity contribution in [3.8, 4) is 17.0 Å². The highest BCUT2D eigenvalue weighted by Gasteiger charge is 2.09. The number of ether oxygens (including phenoxy) is 1. The maximum atomic E-state index is 11.6. The van der Waals surface area contributed by atoms with Crippen molar-refractivity contribution >= 4 is 0 Å². The molecule has 94 valence electrons. The quantitative estimate of drug-likeness (QED) is 0.881. The SMILES string of the molecule is COc1cc(C)c(C)cc1-c1cc(=O)cc(C)[nH]1. The molecule has 1 heterocycles. The second-order valence-electron chi connectivity index (χ2n) is 4.55. The number of rotatable bonds is 2. The Morgan fingerprint density at radius 3 is 2.28 bits per heavy atom. The molecule has 1 aromatic heterocycles. The Bertz CT molecular complexity index is 641. The molecule has 0 bridgehead atoms. The molecular formula is C15H17NO2. The van der Waals surface area contributed by atoms with E-state index in [1.54, 1.807) is 19.2 Å². The third kappa shape index (κ3) is 2.30. The molecule has 0 saturated carbocycles. The lowest BCUT2D eigenvalue weighted by atomic mass is 10.0. The second-order valence-corrected chi connectivity index (χ2v) is 4.55. The van der Waals surface area contributed by atoms with Gasteiger partial charge >= 0.3 is 0 Å². The molecule has 18 heavy (non-hydrogen) atoms. The number of hydrogen-bond donors (Lipinski definition) is 1. The number of aromatic nitrogens is 1. The van der Waals surface area contributed by atoms with E-state index < -0.39 is 0 Å². The Hall–Kier alpha value is -2.03. The summed E-state index contributed by atoms with van der Waals surface area (Å²) in [6.07, 6.45) is 0. The minimum absolute atomic E-state index is 0.00142. The Morgan fingerprint density at radius 2 is 1.67 bits per heavy atom. The minimum Gasteiger partial charge on any atom is -0.496 e. The van der Waals surface area contributed by atoms with Crippen molar-refractivity contribution in [2.24, 2.45) is 0 Å². The fraction of sp³-hybridized carbons (Fsp3) is 0.267. The van der Waals surface area contributed by atoms with Crippen LogP contribution in [0.2, 0.25) is 0 Å². The molecule has 1 N–H and O–H groups in total. The maximum absolute atomic E-state index is 11.6. The lowest BCUT2D eigenvalue weighted by Gasteiger charge is -2.12. The van der Waals surface area contributed by atoms with E-state index in [1.807, 2.05) is 32.9 Å². The molecule has 0 spiro atoms. The van der Waals surface area contributed by atoms with Crippen molar-refractivity contribution in [3.63, 3.8) is 0 Å². The third-order valence-corrected chi connectivity index (χ3v) is 3.08. The number of hydrogen-bond acceptors (Lipinski definition) is 2. The highest BCUT2D eigenvalue weighted by atomic mass is 16.5. The van der Waals surface area contributed by atoms with E-state index in [1.165, 1.54) is 11.1 Å². The van der Waals surface area contributed by atoms with Crippen LogP contribution in [0.1, 0.15) is 16.8 Å². The van der Waals surface area contributed by atoms with Gasteiger partial charge < -0.3 is 9.72 Å². The number of nitrogens with one attached hydrogen (secondary N) is 1. The molecule has 0 radical (unpaired) electrons. The lowest BCUT2D eigenvalue weighted by molar-refractivity contribution is 0.416. The Morgan fingerprint density at radius 1 is 1.00 bits per heavy atom. The summed E-state index contributed by atoms with van der Waals surface area (Å²) < 4.78 is 5.39. The number of aromatic amines is 1. The topological polar surface area (TPSA) is 42.1 Å². The summed E-state index contributed by atoms with van der Waals surface area (Å²) in [5.41, 5.74) is 4.90. The molecule has 0 fully saturated rings. The summed E-state index contributed by atoms with van der Waals surface area (Å²) >= 11 is 0. The van der Waals surface area contributed by atoms with Gasteiger partial charge in [0.15, 0.2) is 5.43 Å². The molecular weight excluding hydrogens is 226 g/mol. The van der Waals surface area contributed by atoms with E-state index in [4.69, 9.17) is 4.74 Å². The van der Waals surface area contributed by atoms with Crippen molar-refractivity contribution < 1.29 is 4.74 Å². The van der Waals surface area contributed by atoms with Crippen molar-refractivity contribution in [2.75, 3.05) is 7.11 Å². The normalized spacial score (nSPS) is 10.4. The van der Waals surface area contributed by atoms with E-state index in [-0.39, 0.29) is 5.43 Å². The molecule has 0 unspecified atom stereocenters. The molecule has 3 nitrogen and oxygen atoms in total. The maximum Gasteiger partial charge on any atom is 0.182 e. The zero-order valence-electron chi connectivity index (χ0n) is 11.1. The number of pyridine rings is 1. The molecule has 0 saturated heterocycles.